The van der Waals surface area contributed by atoms with E-state index >= 15 is 0 Å². The minimum Gasteiger partial charge on any atom is -0.449 e. The Bertz CT molecular complexity index is 848. The highest BCUT2D eigenvalue weighted by atomic mass is 16.5. The van der Waals surface area contributed by atoms with E-state index in [2.05, 4.69) is 27.9 Å². The van der Waals surface area contributed by atoms with Crippen molar-refractivity contribution in [3.63, 3.8) is 0 Å². The highest BCUT2D eigenvalue weighted by Gasteiger charge is 2.28. The molecule has 33 heavy (non-hydrogen) atoms. The van der Waals surface area contributed by atoms with Crippen molar-refractivity contribution in [2.24, 2.45) is 5.73 Å². The lowest BCUT2D eigenvalue weighted by Gasteiger charge is -2.24. The molecule has 0 fully saturated rings. The number of ether oxygens (including phenoxy) is 1. The highest BCUT2D eigenvalue weighted by Crippen LogP contribution is 2.23. The fourth-order valence-electron chi connectivity index (χ4n) is 3.25. The highest BCUT2D eigenvalue weighted by molar-refractivity contribution is 5.85. The van der Waals surface area contributed by atoms with E-state index in [0.717, 1.165) is 18.4 Å². The minimum absolute atomic E-state index is 0.0946. The minimum atomic E-state index is -1.03. The molecule has 0 aliphatic rings. The number of nitrogens with zero attached hydrogens (tertiary/aromatic N) is 1. The van der Waals surface area contributed by atoms with Crippen LogP contribution in [0.4, 0.5) is 4.79 Å². The second kappa shape index (κ2) is 13.6. The maximum Gasteiger partial charge on any atom is 0.407 e. The third-order valence-corrected chi connectivity index (χ3v) is 5.16. The van der Waals surface area contributed by atoms with Gasteiger partial charge in [0, 0.05) is 25.1 Å². The Balaban J connectivity index is 1.96. The van der Waals surface area contributed by atoms with Gasteiger partial charge in [-0.15, -0.1) is 0 Å². The first-order valence-corrected chi connectivity index (χ1v) is 11.4. The summed E-state index contributed by atoms with van der Waals surface area (Å²) in [6.07, 6.45) is 5.07. The van der Waals surface area contributed by atoms with E-state index in [-0.39, 0.29) is 25.2 Å². The van der Waals surface area contributed by atoms with Gasteiger partial charge in [0.05, 0.1) is 18.2 Å². The fraction of sp³-hybridized carbons (Fsp3) is 0.542. The fourth-order valence-corrected chi connectivity index (χ4v) is 3.25. The Labute approximate surface area is 195 Å². The van der Waals surface area contributed by atoms with Crippen LogP contribution in [0, 0.1) is 0 Å². The number of aliphatic hydroxyl groups is 1. The third kappa shape index (κ3) is 9.63. The van der Waals surface area contributed by atoms with Crippen LogP contribution in [0.3, 0.4) is 0 Å². The average molecular weight is 461 g/mol. The number of hydrogen-bond donors (Lipinski definition) is 4. The molecule has 0 saturated heterocycles. The van der Waals surface area contributed by atoms with E-state index in [0.29, 0.717) is 37.9 Å². The maximum absolute atomic E-state index is 12.6. The molecule has 2 amide bonds. The van der Waals surface area contributed by atoms with Crippen LogP contribution in [0.5, 0.6) is 0 Å². The van der Waals surface area contributed by atoms with Gasteiger partial charge in [-0.1, -0.05) is 35.5 Å². The number of alkyl carbamates (subject to hydrolysis) is 1. The normalized spacial score (nSPS) is 12.2. The second-order valence-corrected chi connectivity index (χ2v) is 8.59. The van der Waals surface area contributed by atoms with Gasteiger partial charge >= 0.3 is 6.09 Å². The van der Waals surface area contributed by atoms with E-state index in [9.17, 15) is 9.59 Å². The van der Waals surface area contributed by atoms with Crippen molar-refractivity contribution in [2.75, 3.05) is 19.8 Å². The standard InChI is InChI=1S/C24H36N4O5/c1-24(2,25)22(30)27-20(12-8-11-18-9-4-3-5-10-18)21-19(17-33-28-21)13-16-32-23(31)26-14-6-7-15-29/h3-5,9-10,17,20,29H,6-8,11-16,25H2,1-2H3,(H,26,31)(H,27,30). The molecule has 1 aromatic carbocycles. The Kier molecular flexibility index (Phi) is 10.9. The number of nitrogens with two attached hydrogens (primary N) is 1. The molecule has 2 aromatic rings. The average Bonchev–Trinajstić information content (AvgIpc) is 3.24. The van der Waals surface area contributed by atoms with Crippen molar-refractivity contribution in [1.82, 2.24) is 15.8 Å². The Morgan fingerprint density at radius 2 is 1.94 bits per heavy atom. The van der Waals surface area contributed by atoms with E-state index in [1.165, 1.54) is 11.8 Å². The lowest BCUT2D eigenvalue weighted by Crippen LogP contribution is -2.50. The molecular formula is C24H36N4O5. The molecule has 1 heterocycles. The molecule has 1 atom stereocenters. The van der Waals surface area contributed by atoms with Gasteiger partial charge in [0.25, 0.3) is 0 Å². The molecule has 0 bridgehead atoms. The summed E-state index contributed by atoms with van der Waals surface area (Å²) in [7, 11) is 0. The van der Waals surface area contributed by atoms with Gasteiger partial charge in [-0.05, 0) is 51.5 Å². The number of benzene rings is 1. The van der Waals surface area contributed by atoms with Crippen molar-refractivity contribution < 1.29 is 24.0 Å². The van der Waals surface area contributed by atoms with Crippen LogP contribution >= 0.6 is 0 Å². The number of aromatic nitrogens is 1. The number of carbonyl (C=O) groups is 2. The molecular weight excluding hydrogens is 424 g/mol. The van der Waals surface area contributed by atoms with Crippen molar-refractivity contribution in [3.8, 4) is 0 Å². The topological polar surface area (TPSA) is 140 Å². The van der Waals surface area contributed by atoms with E-state index < -0.39 is 11.6 Å². The molecule has 9 nitrogen and oxygen atoms in total. The van der Waals surface area contributed by atoms with Crippen LogP contribution in [-0.4, -0.2) is 47.6 Å². The van der Waals surface area contributed by atoms with Crippen molar-refractivity contribution in [3.05, 3.63) is 53.4 Å². The molecule has 0 saturated carbocycles. The molecule has 0 aliphatic heterocycles. The van der Waals surface area contributed by atoms with Crippen molar-refractivity contribution in [1.29, 1.82) is 0 Å². The Hall–Kier alpha value is -2.91. The van der Waals surface area contributed by atoms with Crippen LogP contribution < -0.4 is 16.4 Å². The first kappa shape index (κ1) is 26.3. The van der Waals surface area contributed by atoms with Gasteiger partial charge in [0.15, 0.2) is 0 Å². The Morgan fingerprint density at radius 1 is 1.18 bits per heavy atom. The number of hydrogen-bond acceptors (Lipinski definition) is 7. The summed E-state index contributed by atoms with van der Waals surface area (Å²) >= 11 is 0. The van der Waals surface area contributed by atoms with E-state index in [1.54, 1.807) is 13.8 Å². The monoisotopic (exact) mass is 460 g/mol. The van der Waals surface area contributed by atoms with Crippen molar-refractivity contribution in [2.45, 2.75) is 64.0 Å². The molecule has 9 heteroatoms. The van der Waals surface area contributed by atoms with Crippen LogP contribution in [-0.2, 0) is 22.4 Å². The van der Waals surface area contributed by atoms with Crippen LogP contribution in [0.1, 0.15) is 62.4 Å². The van der Waals surface area contributed by atoms with Crippen molar-refractivity contribution >= 4 is 12.0 Å². The van der Waals surface area contributed by atoms with Gasteiger partial charge in [-0.25, -0.2) is 4.79 Å². The van der Waals surface area contributed by atoms with Crippen LogP contribution in [0.2, 0.25) is 0 Å². The summed E-state index contributed by atoms with van der Waals surface area (Å²) in [5.74, 6) is -0.278. The summed E-state index contributed by atoms with van der Waals surface area (Å²) in [6.45, 7) is 3.99. The number of amides is 2. The van der Waals surface area contributed by atoms with Gasteiger partial charge in [0.1, 0.15) is 12.0 Å². The summed E-state index contributed by atoms with van der Waals surface area (Å²) in [4.78, 5) is 24.4. The first-order chi connectivity index (χ1) is 15.8. The maximum atomic E-state index is 12.6. The predicted molar refractivity (Wildman–Crippen MR) is 124 cm³/mol. The molecule has 0 spiro atoms. The molecule has 5 N–H and O–H groups in total. The first-order valence-electron chi connectivity index (χ1n) is 11.4. The number of nitrogens with one attached hydrogen (secondary N) is 2. The SMILES string of the molecule is CC(C)(N)C(=O)NC(CCCc1ccccc1)c1nocc1CCOC(=O)NCCCCO. The van der Waals surface area contributed by atoms with Gasteiger partial charge in [-0.3, -0.25) is 4.79 Å². The zero-order valence-electron chi connectivity index (χ0n) is 19.5. The number of carbonyl (C=O) groups excluding carboxylic acids is 2. The van der Waals surface area contributed by atoms with E-state index in [1.807, 2.05) is 18.2 Å². The number of aliphatic hydroxyl groups excluding tert-OH is 1. The van der Waals surface area contributed by atoms with Crippen LogP contribution in [0.25, 0.3) is 0 Å². The summed E-state index contributed by atoms with van der Waals surface area (Å²) in [5.41, 5.74) is 7.56. The lowest BCUT2D eigenvalue weighted by atomic mass is 9.98. The Morgan fingerprint density at radius 3 is 2.64 bits per heavy atom. The zero-order chi connectivity index (χ0) is 24.1. The molecule has 0 aliphatic carbocycles. The quantitative estimate of drug-likeness (QED) is 0.318. The van der Waals surface area contributed by atoms with Crippen LogP contribution in [0.15, 0.2) is 41.1 Å². The number of unbranched alkanes of at least 4 members (excludes halogenated alkanes) is 1. The molecule has 0 radical (unpaired) electrons. The summed E-state index contributed by atoms with van der Waals surface area (Å²) < 4.78 is 10.4. The second-order valence-electron chi connectivity index (χ2n) is 8.59. The number of rotatable bonds is 14. The lowest BCUT2D eigenvalue weighted by molar-refractivity contribution is -0.126. The summed E-state index contributed by atoms with van der Waals surface area (Å²) in [6, 6.07) is 9.77. The van der Waals surface area contributed by atoms with E-state index in [4.69, 9.17) is 20.1 Å². The number of aryl methyl sites for hydroxylation is 1. The van der Waals surface area contributed by atoms with Gasteiger partial charge in [0.2, 0.25) is 5.91 Å². The predicted octanol–water partition coefficient (Wildman–Crippen LogP) is 2.63. The smallest absolute Gasteiger partial charge is 0.407 e. The van der Waals surface area contributed by atoms with Gasteiger partial charge < -0.3 is 30.7 Å². The zero-order valence-corrected chi connectivity index (χ0v) is 19.5. The largest absolute Gasteiger partial charge is 0.449 e. The third-order valence-electron chi connectivity index (χ3n) is 5.16. The molecule has 182 valence electrons. The molecule has 1 aromatic heterocycles. The molecule has 2 rings (SSSR count). The summed E-state index contributed by atoms with van der Waals surface area (Å²) in [5, 5.41) is 18.5. The van der Waals surface area contributed by atoms with Gasteiger partial charge in [-0.2, -0.15) is 0 Å². The molecule has 1 unspecified atom stereocenters.